The van der Waals surface area contributed by atoms with Crippen molar-refractivity contribution in [3.05, 3.63) is 41.7 Å². The highest BCUT2D eigenvalue weighted by atomic mass is 16.2. The van der Waals surface area contributed by atoms with Crippen LogP contribution in [0, 0.1) is 0 Å². The monoisotopic (exact) mass is 340 g/mol. The van der Waals surface area contributed by atoms with Gasteiger partial charge in [-0.2, -0.15) is 0 Å². The van der Waals surface area contributed by atoms with E-state index in [1.54, 1.807) is 20.7 Å². The molecule has 1 aromatic carbocycles. The van der Waals surface area contributed by atoms with Crippen molar-refractivity contribution in [2.45, 2.75) is 19.4 Å². The van der Waals surface area contributed by atoms with Gasteiger partial charge in [-0.05, 0) is 25.0 Å². The fourth-order valence-electron chi connectivity index (χ4n) is 3.29. The van der Waals surface area contributed by atoms with Crippen molar-refractivity contribution in [3.63, 3.8) is 0 Å². The molecule has 25 heavy (non-hydrogen) atoms. The standard InChI is InChI=1S/C17H20N6O2/c1-2-18-17(25)21-9-13(10-21)23-11-14(19-20-23)16(24)22-8-7-12-5-3-4-6-15(12)22/h3-6,11,13H,2,7-10H2,1H3,(H,18,25). The van der Waals surface area contributed by atoms with Gasteiger partial charge in [-0.15, -0.1) is 5.10 Å². The summed E-state index contributed by atoms with van der Waals surface area (Å²) in [4.78, 5) is 27.9. The smallest absolute Gasteiger partial charge is 0.317 e. The highest BCUT2D eigenvalue weighted by Gasteiger charge is 2.34. The minimum absolute atomic E-state index is 0.0659. The number of amides is 3. The summed E-state index contributed by atoms with van der Waals surface area (Å²) >= 11 is 0. The SMILES string of the molecule is CCNC(=O)N1CC(n2cc(C(=O)N3CCc4ccccc43)nn2)C1. The highest BCUT2D eigenvalue weighted by molar-refractivity contribution is 6.05. The molecule has 4 rings (SSSR count). The van der Waals surface area contributed by atoms with Crippen molar-refractivity contribution in [1.29, 1.82) is 0 Å². The molecule has 1 N–H and O–H groups in total. The summed E-state index contributed by atoms with van der Waals surface area (Å²) < 4.78 is 1.69. The van der Waals surface area contributed by atoms with Crippen LogP contribution in [0.3, 0.4) is 0 Å². The second-order valence-corrected chi connectivity index (χ2v) is 6.31. The molecule has 1 fully saturated rings. The first-order valence-corrected chi connectivity index (χ1v) is 8.51. The molecule has 8 heteroatoms. The Balaban J connectivity index is 1.43. The molecule has 2 aliphatic rings. The van der Waals surface area contributed by atoms with E-state index in [1.165, 1.54) is 5.56 Å². The van der Waals surface area contributed by atoms with Crippen LogP contribution in [0.4, 0.5) is 10.5 Å². The zero-order valence-electron chi connectivity index (χ0n) is 14.1. The number of carbonyl (C=O) groups excluding carboxylic acids is 2. The fourth-order valence-corrected chi connectivity index (χ4v) is 3.29. The van der Waals surface area contributed by atoms with Crippen LogP contribution >= 0.6 is 0 Å². The summed E-state index contributed by atoms with van der Waals surface area (Å²) in [6.45, 7) is 4.32. The molecule has 0 atom stereocenters. The summed E-state index contributed by atoms with van der Waals surface area (Å²) in [6.07, 6.45) is 2.54. The maximum absolute atomic E-state index is 12.7. The molecule has 0 bridgehead atoms. The van der Waals surface area contributed by atoms with E-state index in [9.17, 15) is 9.59 Å². The Bertz CT molecular complexity index is 811. The maximum Gasteiger partial charge on any atom is 0.317 e. The number of fused-ring (bicyclic) bond motifs is 1. The number of rotatable bonds is 3. The average molecular weight is 340 g/mol. The molecular weight excluding hydrogens is 320 g/mol. The Morgan fingerprint density at radius 3 is 2.88 bits per heavy atom. The summed E-state index contributed by atoms with van der Waals surface area (Å²) in [5.74, 6) is -0.129. The molecule has 8 nitrogen and oxygen atoms in total. The molecule has 0 radical (unpaired) electrons. The minimum atomic E-state index is -0.129. The van der Waals surface area contributed by atoms with Crippen molar-refractivity contribution in [1.82, 2.24) is 25.2 Å². The van der Waals surface area contributed by atoms with Crippen LogP contribution in [0.1, 0.15) is 29.0 Å². The number of likely N-dealkylation sites (tertiary alicyclic amines) is 1. The van der Waals surface area contributed by atoms with E-state index in [-0.39, 0.29) is 18.0 Å². The van der Waals surface area contributed by atoms with Gasteiger partial charge in [-0.25, -0.2) is 9.48 Å². The number of hydrogen-bond acceptors (Lipinski definition) is 4. The van der Waals surface area contributed by atoms with Crippen molar-refractivity contribution in [3.8, 4) is 0 Å². The largest absolute Gasteiger partial charge is 0.338 e. The van der Waals surface area contributed by atoms with E-state index >= 15 is 0 Å². The molecule has 3 heterocycles. The molecule has 2 aromatic rings. The van der Waals surface area contributed by atoms with Crippen LogP contribution in [0.5, 0.6) is 0 Å². The number of hydrogen-bond donors (Lipinski definition) is 1. The van der Waals surface area contributed by atoms with Gasteiger partial charge in [0.05, 0.1) is 12.2 Å². The molecule has 0 unspecified atom stereocenters. The van der Waals surface area contributed by atoms with Crippen molar-refractivity contribution >= 4 is 17.6 Å². The third kappa shape index (κ3) is 2.73. The van der Waals surface area contributed by atoms with Crippen LogP contribution < -0.4 is 10.2 Å². The van der Waals surface area contributed by atoms with Gasteiger partial charge < -0.3 is 15.1 Å². The first-order valence-electron chi connectivity index (χ1n) is 8.51. The number of nitrogens with one attached hydrogen (secondary N) is 1. The quantitative estimate of drug-likeness (QED) is 0.906. The van der Waals surface area contributed by atoms with Crippen LogP contribution in [0.15, 0.2) is 30.5 Å². The Hall–Kier alpha value is -2.90. The van der Waals surface area contributed by atoms with Crippen LogP contribution in [0.25, 0.3) is 0 Å². The fraction of sp³-hybridized carbons (Fsp3) is 0.412. The predicted molar refractivity (Wildman–Crippen MR) is 91.5 cm³/mol. The van der Waals surface area contributed by atoms with E-state index in [2.05, 4.69) is 15.6 Å². The molecule has 2 aliphatic heterocycles. The van der Waals surface area contributed by atoms with Crippen molar-refractivity contribution in [2.75, 3.05) is 31.1 Å². The van der Waals surface area contributed by atoms with E-state index in [0.717, 1.165) is 12.1 Å². The molecule has 1 saturated heterocycles. The van der Waals surface area contributed by atoms with E-state index < -0.39 is 0 Å². The predicted octanol–water partition coefficient (Wildman–Crippen LogP) is 1.07. The molecule has 0 saturated carbocycles. The van der Waals surface area contributed by atoms with Crippen molar-refractivity contribution < 1.29 is 9.59 Å². The highest BCUT2D eigenvalue weighted by Crippen LogP contribution is 2.28. The first-order chi connectivity index (χ1) is 12.2. The average Bonchev–Trinajstić information content (AvgIpc) is 3.20. The zero-order chi connectivity index (χ0) is 17.4. The van der Waals surface area contributed by atoms with Gasteiger partial charge in [0.15, 0.2) is 5.69 Å². The lowest BCUT2D eigenvalue weighted by Gasteiger charge is -2.38. The minimum Gasteiger partial charge on any atom is -0.338 e. The van der Waals surface area contributed by atoms with Gasteiger partial charge in [0.2, 0.25) is 0 Å². The van der Waals surface area contributed by atoms with Gasteiger partial charge >= 0.3 is 6.03 Å². The van der Waals surface area contributed by atoms with Gasteiger partial charge in [0, 0.05) is 31.9 Å². The van der Waals surface area contributed by atoms with Crippen molar-refractivity contribution in [2.24, 2.45) is 0 Å². The number of aromatic nitrogens is 3. The molecule has 3 amide bonds. The number of carbonyl (C=O) groups is 2. The van der Waals surface area contributed by atoms with E-state index in [1.807, 2.05) is 31.2 Å². The van der Waals surface area contributed by atoms with Crippen LogP contribution in [-0.2, 0) is 6.42 Å². The molecule has 130 valence electrons. The lowest BCUT2D eigenvalue weighted by Crippen LogP contribution is -2.54. The van der Waals surface area contributed by atoms with Gasteiger partial charge in [-0.1, -0.05) is 23.4 Å². The Morgan fingerprint density at radius 1 is 1.28 bits per heavy atom. The Morgan fingerprint density at radius 2 is 2.08 bits per heavy atom. The van der Waals surface area contributed by atoms with Gasteiger partial charge in [-0.3, -0.25) is 4.79 Å². The lowest BCUT2D eigenvalue weighted by atomic mass is 10.1. The topological polar surface area (TPSA) is 83.4 Å². The van der Waals surface area contributed by atoms with Gasteiger partial charge in [0.1, 0.15) is 0 Å². The lowest BCUT2D eigenvalue weighted by molar-refractivity contribution is 0.0983. The van der Waals surface area contributed by atoms with E-state index in [4.69, 9.17) is 0 Å². The first kappa shape index (κ1) is 15.6. The van der Waals surface area contributed by atoms with Gasteiger partial charge in [0.25, 0.3) is 5.91 Å². The van der Waals surface area contributed by atoms with E-state index in [0.29, 0.717) is 31.9 Å². The summed E-state index contributed by atoms with van der Waals surface area (Å²) in [7, 11) is 0. The third-order valence-corrected chi connectivity index (χ3v) is 4.71. The molecule has 0 spiro atoms. The third-order valence-electron chi connectivity index (χ3n) is 4.71. The van der Waals surface area contributed by atoms with Crippen LogP contribution in [0.2, 0.25) is 0 Å². The number of nitrogens with zero attached hydrogens (tertiary/aromatic N) is 5. The summed E-state index contributed by atoms with van der Waals surface area (Å²) in [6, 6.07) is 7.93. The second kappa shape index (κ2) is 6.19. The second-order valence-electron chi connectivity index (χ2n) is 6.31. The number of anilines is 1. The normalized spacial score (nSPS) is 16.5. The number of para-hydroxylation sites is 1. The Labute approximate surface area is 145 Å². The van der Waals surface area contributed by atoms with Crippen LogP contribution in [-0.4, -0.2) is 58.0 Å². The molecular formula is C17H20N6O2. The summed E-state index contributed by atoms with van der Waals surface area (Å²) in [5, 5.41) is 10.9. The molecule has 0 aliphatic carbocycles. The number of urea groups is 1. The maximum atomic E-state index is 12.7. The molecule has 1 aromatic heterocycles. The summed E-state index contributed by atoms with van der Waals surface area (Å²) in [5.41, 5.74) is 2.47. The Kier molecular flexibility index (Phi) is 3.87. The number of benzene rings is 1. The zero-order valence-corrected chi connectivity index (χ0v) is 14.1.